The molecule has 124 valence electrons. The molecular formula is C17H28N2O2S. The van der Waals surface area contributed by atoms with Gasteiger partial charge in [0.25, 0.3) is 0 Å². The Balaban J connectivity index is 1.86. The largest absolute Gasteiger partial charge is 0.393 e. The SMILES string of the molecule is CC(C)(C)C(NC(=O)NCC1CCCC(O)C1)c1cccs1. The molecule has 3 unspecified atom stereocenters. The van der Waals surface area contributed by atoms with Crippen molar-refractivity contribution in [3.8, 4) is 0 Å². The van der Waals surface area contributed by atoms with Crippen LogP contribution in [0.4, 0.5) is 4.79 Å². The second kappa shape index (κ2) is 7.47. The van der Waals surface area contributed by atoms with Crippen molar-refractivity contribution in [2.45, 2.75) is 58.6 Å². The lowest BCUT2D eigenvalue weighted by molar-refractivity contribution is 0.101. The van der Waals surface area contributed by atoms with E-state index in [0.29, 0.717) is 12.5 Å². The molecule has 0 aliphatic heterocycles. The third-order valence-corrected chi connectivity index (χ3v) is 5.21. The van der Waals surface area contributed by atoms with Gasteiger partial charge in [-0.2, -0.15) is 0 Å². The van der Waals surface area contributed by atoms with Crippen LogP contribution in [0.15, 0.2) is 17.5 Å². The highest BCUT2D eigenvalue weighted by atomic mass is 32.1. The maximum Gasteiger partial charge on any atom is 0.315 e. The first kappa shape index (κ1) is 17.3. The number of aliphatic hydroxyl groups is 1. The van der Waals surface area contributed by atoms with Crippen molar-refractivity contribution in [3.63, 3.8) is 0 Å². The molecule has 3 N–H and O–H groups in total. The average molecular weight is 324 g/mol. The minimum absolute atomic E-state index is 0.00412. The van der Waals surface area contributed by atoms with Gasteiger partial charge in [-0.15, -0.1) is 11.3 Å². The van der Waals surface area contributed by atoms with Gasteiger partial charge < -0.3 is 15.7 Å². The Hall–Kier alpha value is -1.07. The quantitative estimate of drug-likeness (QED) is 0.791. The van der Waals surface area contributed by atoms with Gasteiger partial charge in [0.2, 0.25) is 0 Å². The van der Waals surface area contributed by atoms with Crippen LogP contribution in [-0.4, -0.2) is 23.8 Å². The van der Waals surface area contributed by atoms with Crippen LogP contribution in [0.1, 0.15) is 57.4 Å². The van der Waals surface area contributed by atoms with E-state index in [1.165, 1.54) is 4.88 Å². The summed E-state index contributed by atoms with van der Waals surface area (Å²) in [5.41, 5.74) is -0.0385. The minimum Gasteiger partial charge on any atom is -0.393 e. The number of hydrogen-bond donors (Lipinski definition) is 3. The standard InChI is InChI=1S/C17H28N2O2S/c1-17(2,3)15(14-8-5-9-22-14)19-16(21)18-11-12-6-4-7-13(20)10-12/h5,8-9,12-13,15,20H,4,6-7,10-11H2,1-3H3,(H2,18,19,21). The lowest BCUT2D eigenvalue weighted by atomic mass is 9.86. The molecule has 2 rings (SSSR count). The zero-order valence-corrected chi connectivity index (χ0v) is 14.6. The molecule has 3 atom stereocenters. The zero-order chi connectivity index (χ0) is 16.2. The molecule has 1 fully saturated rings. The number of carbonyl (C=O) groups excluding carboxylic acids is 1. The summed E-state index contributed by atoms with van der Waals surface area (Å²) < 4.78 is 0. The molecule has 0 bridgehead atoms. The van der Waals surface area contributed by atoms with Crippen molar-refractivity contribution < 1.29 is 9.90 Å². The number of thiophene rings is 1. The second-order valence-electron chi connectivity index (χ2n) is 7.36. The van der Waals surface area contributed by atoms with E-state index in [9.17, 15) is 9.90 Å². The lowest BCUT2D eigenvalue weighted by Gasteiger charge is -2.31. The van der Waals surface area contributed by atoms with Crippen LogP contribution in [0.5, 0.6) is 0 Å². The lowest BCUT2D eigenvalue weighted by Crippen LogP contribution is -2.44. The van der Waals surface area contributed by atoms with Crippen molar-refractivity contribution in [1.82, 2.24) is 10.6 Å². The summed E-state index contributed by atoms with van der Waals surface area (Å²) in [5.74, 6) is 0.393. The van der Waals surface area contributed by atoms with Gasteiger partial charge in [0.1, 0.15) is 0 Å². The van der Waals surface area contributed by atoms with Crippen LogP contribution in [0.25, 0.3) is 0 Å². The third kappa shape index (κ3) is 4.99. The Morgan fingerprint density at radius 1 is 1.45 bits per heavy atom. The maximum atomic E-state index is 12.2. The molecule has 1 heterocycles. The van der Waals surface area contributed by atoms with Crippen LogP contribution >= 0.6 is 11.3 Å². The van der Waals surface area contributed by atoms with Gasteiger partial charge in [-0.25, -0.2) is 4.79 Å². The van der Waals surface area contributed by atoms with E-state index in [0.717, 1.165) is 25.7 Å². The van der Waals surface area contributed by atoms with Gasteiger partial charge in [-0.05, 0) is 42.0 Å². The molecule has 1 aromatic heterocycles. The molecule has 5 heteroatoms. The molecule has 0 radical (unpaired) electrons. The Labute approximate surface area is 137 Å². The first-order valence-electron chi connectivity index (χ1n) is 8.12. The molecule has 1 aromatic rings. The highest BCUT2D eigenvalue weighted by Gasteiger charge is 2.29. The molecule has 1 saturated carbocycles. The number of nitrogens with one attached hydrogen (secondary N) is 2. The Bertz CT molecular complexity index is 468. The molecule has 4 nitrogen and oxygen atoms in total. The first-order valence-corrected chi connectivity index (χ1v) is 9.00. The van der Waals surface area contributed by atoms with E-state index in [4.69, 9.17) is 0 Å². The topological polar surface area (TPSA) is 61.4 Å². The van der Waals surface area contributed by atoms with E-state index in [-0.39, 0.29) is 23.6 Å². The van der Waals surface area contributed by atoms with Crippen molar-refractivity contribution >= 4 is 17.4 Å². The van der Waals surface area contributed by atoms with Gasteiger partial charge in [0, 0.05) is 11.4 Å². The smallest absolute Gasteiger partial charge is 0.315 e. The first-order chi connectivity index (χ1) is 10.4. The molecule has 22 heavy (non-hydrogen) atoms. The van der Waals surface area contributed by atoms with Gasteiger partial charge in [-0.3, -0.25) is 0 Å². The number of urea groups is 1. The van der Waals surface area contributed by atoms with Crippen molar-refractivity contribution in [2.24, 2.45) is 11.3 Å². The normalized spacial score (nSPS) is 23.8. The van der Waals surface area contributed by atoms with Crippen molar-refractivity contribution in [1.29, 1.82) is 0 Å². The number of aliphatic hydroxyl groups excluding tert-OH is 1. The second-order valence-corrected chi connectivity index (χ2v) is 8.33. The molecule has 0 aromatic carbocycles. The summed E-state index contributed by atoms with van der Waals surface area (Å²) in [6.45, 7) is 7.05. The van der Waals surface area contributed by atoms with Crippen LogP contribution in [0, 0.1) is 11.3 Å². The number of amides is 2. The van der Waals surface area contributed by atoms with Crippen LogP contribution in [0.2, 0.25) is 0 Å². The van der Waals surface area contributed by atoms with E-state index in [2.05, 4.69) is 37.5 Å². The van der Waals surface area contributed by atoms with Crippen LogP contribution in [-0.2, 0) is 0 Å². The van der Waals surface area contributed by atoms with Crippen LogP contribution < -0.4 is 10.6 Å². The van der Waals surface area contributed by atoms with Crippen molar-refractivity contribution in [2.75, 3.05) is 6.54 Å². The summed E-state index contributed by atoms with van der Waals surface area (Å²) >= 11 is 1.67. The summed E-state index contributed by atoms with van der Waals surface area (Å²) in [4.78, 5) is 13.4. The van der Waals surface area contributed by atoms with E-state index in [1.807, 2.05) is 11.4 Å². The predicted molar refractivity (Wildman–Crippen MR) is 91.0 cm³/mol. The van der Waals surface area contributed by atoms with Gasteiger partial charge in [0.05, 0.1) is 12.1 Å². The van der Waals surface area contributed by atoms with E-state index in [1.54, 1.807) is 11.3 Å². The predicted octanol–water partition coefficient (Wildman–Crippen LogP) is 3.69. The Morgan fingerprint density at radius 2 is 2.23 bits per heavy atom. The Morgan fingerprint density at radius 3 is 2.82 bits per heavy atom. The molecule has 1 aliphatic rings. The highest BCUT2D eigenvalue weighted by molar-refractivity contribution is 7.10. The molecule has 0 spiro atoms. The average Bonchev–Trinajstić information content (AvgIpc) is 2.95. The monoisotopic (exact) mass is 324 g/mol. The van der Waals surface area contributed by atoms with Gasteiger partial charge >= 0.3 is 6.03 Å². The molecule has 0 saturated heterocycles. The summed E-state index contributed by atoms with van der Waals surface area (Å²) in [6.07, 6.45) is 3.64. The fraction of sp³-hybridized carbons (Fsp3) is 0.706. The molecular weight excluding hydrogens is 296 g/mol. The minimum atomic E-state index is -0.197. The van der Waals surface area contributed by atoms with Gasteiger partial charge in [-0.1, -0.05) is 33.3 Å². The van der Waals surface area contributed by atoms with E-state index >= 15 is 0 Å². The summed E-state index contributed by atoms with van der Waals surface area (Å²) in [7, 11) is 0. The molecule has 2 amide bonds. The van der Waals surface area contributed by atoms with Gasteiger partial charge in [0.15, 0.2) is 0 Å². The number of carbonyl (C=O) groups is 1. The summed E-state index contributed by atoms with van der Waals surface area (Å²) in [5, 5.41) is 17.8. The maximum absolute atomic E-state index is 12.2. The van der Waals surface area contributed by atoms with E-state index < -0.39 is 0 Å². The number of hydrogen-bond acceptors (Lipinski definition) is 3. The highest BCUT2D eigenvalue weighted by Crippen LogP contribution is 2.35. The Kier molecular flexibility index (Phi) is 5.87. The third-order valence-electron chi connectivity index (χ3n) is 4.28. The zero-order valence-electron chi connectivity index (χ0n) is 13.8. The van der Waals surface area contributed by atoms with Crippen LogP contribution in [0.3, 0.4) is 0 Å². The van der Waals surface area contributed by atoms with Crippen molar-refractivity contribution in [3.05, 3.63) is 22.4 Å². The fourth-order valence-electron chi connectivity index (χ4n) is 3.04. The fourth-order valence-corrected chi connectivity index (χ4v) is 4.06. The summed E-state index contributed by atoms with van der Waals surface area (Å²) in [6, 6.07) is 3.97. The number of rotatable bonds is 4. The molecule has 1 aliphatic carbocycles.